The first-order chi connectivity index (χ1) is 8.94. The topological polar surface area (TPSA) is 87.8 Å². The molecule has 0 unspecified atom stereocenters. The number of halogens is 1. The molecule has 0 bridgehead atoms. The number of hydrogen-bond acceptors (Lipinski definition) is 4. The number of rotatable bonds is 3. The van der Waals surface area contributed by atoms with Gasteiger partial charge in [-0.05, 0) is 24.3 Å². The molecule has 0 aliphatic heterocycles. The molecule has 0 aliphatic rings. The van der Waals surface area contributed by atoms with Gasteiger partial charge < -0.3 is 0 Å². The fraction of sp³-hybridized carbons (Fsp3) is 0.0909. The Balaban J connectivity index is 2.37. The van der Waals surface area contributed by atoms with Crippen LogP contribution in [0.4, 0.5) is 10.1 Å². The number of aromatic nitrogens is 2. The predicted octanol–water partition coefficient (Wildman–Crippen LogP) is 1.23. The van der Waals surface area contributed by atoms with Crippen molar-refractivity contribution in [1.29, 1.82) is 5.26 Å². The number of hydrogen-bond donors (Lipinski definition) is 1. The number of sulfonamides is 1. The molecule has 0 saturated heterocycles. The van der Waals surface area contributed by atoms with Gasteiger partial charge >= 0.3 is 0 Å². The molecule has 1 heterocycles. The second-order valence-corrected chi connectivity index (χ2v) is 5.33. The molecule has 6 nitrogen and oxygen atoms in total. The Labute approximate surface area is 109 Å². The lowest BCUT2D eigenvalue weighted by molar-refractivity contribution is 0.580. The highest BCUT2D eigenvalue weighted by Gasteiger charge is 2.19. The molecule has 0 amide bonds. The lowest BCUT2D eigenvalue weighted by Gasteiger charge is -2.08. The lowest BCUT2D eigenvalue weighted by atomic mass is 10.2. The minimum absolute atomic E-state index is 0.0868. The summed E-state index contributed by atoms with van der Waals surface area (Å²) in [5, 5.41) is 12.3. The molecular formula is C11H9FN4O2S. The monoisotopic (exact) mass is 280 g/mol. The quantitative estimate of drug-likeness (QED) is 0.916. The number of anilines is 1. The Hall–Kier alpha value is -2.40. The molecule has 19 heavy (non-hydrogen) atoms. The Kier molecular flexibility index (Phi) is 3.23. The molecule has 1 aromatic carbocycles. The van der Waals surface area contributed by atoms with Gasteiger partial charge in [-0.3, -0.25) is 9.40 Å². The molecular weight excluding hydrogens is 271 g/mol. The van der Waals surface area contributed by atoms with Gasteiger partial charge in [0.1, 0.15) is 5.82 Å². The number of nitriles is 1. The van der Waals surface area contributed by atoms with Crippen molar-refractivity contribution in [3.63, 3.8) is 0 Å². The van der Waals surface area contributed by atoms with Gasteiger partial charge in [-0.15, -0.1) is 0 Å². The smallest absolute Gasteiger partial charge is 0.275 e. The van der Waals surface area contributed by atoms with Gasteiger partial charge in [-0.2, -0.15) is 18.8 Å². The van der Waals surface area contributed by atoms with Crippen LogP contribution in [0.1, 0.15) is 5.56 Å². The van der Waals surface area contributed by atoms with Crippen LogP contribution in [0.15, 0.2) is 35.5 Å². The van der Waals surface area contributed by atoms with E-state index >= 15 is 0 Å². The summed E-state index contributed by atoms with van der Waals surface area (Å²) in [4.78, 5) is 0. The van der Waals surface area contributed by atoms with Crippen molar-refractivity contribution in [1.82, 2.24) is 9.78 Å². The standard InChI is InChI=1S/C11H9FN4O2S/c1-16-11(4-5-14-16)19(17,18)15-10-3-2-8(7-13)6-9(10)12/h2-6,15H,1H3. The van der Waals surface area contributed by atoms with Crippen LogP contribution in [0.25, 0.3) is 0 Å². The van der Waals surface area contributed by atoms with Gasteiger partial charge in [-0.25, -0.2) is 4.39 Å². The second kappa shape index (κ2) is 4.70. The van der Waals surface area contributed by atoms with Crippen LogP contribution in [0.5, 0.6) is 0 Å². The van der Waals surface area contributed by atoms with Gasteiger partial charge in [0.25, 0.3) is 10.0 Å². The predicted molar refractivity (Wildman–Crippen MR) is 65.1 cm³/mol. The summed E-state index contributed by atoms with van der Waals surface area (Å²) < 4.78 is 40.8. The van der Waals surface area contributed by atoms with Crippen molar-refractivity contribution in [3.05, 3.63) is 41.8 Å². The van der Waals surface area contributed by atoms with Crippen LogP contribution >= 0.6 is 0 Å². The van der Waals surface area contributed by atoms with Crippen LogP contribution < -0.4 is 4.72 Å². The van der Waals surface area contributed by atoms with E-state index in [1.807, 2.05) is 0 Å². The largest absolute Gasteiger partial charge is 0.279 e. The summed E-state index contributed by atoms with van der Waals surface area (Å²) in [6.07, 6.45) is 1.32. The van der Waals surface area contributed by atoms with Crippen molar-refractivity contribution in [2.75, 3.05) is 4.72 Å². The van der Waals surface area contributed by atoms with Gasteiger partial charge in [0, 0.05) is 7.05 Å². The van der Waals surface area contributed by atoms with Gasteiger partial charge in [0.15, 0.2) is 5.03 Å². The summed E-state index contributed by atoms with van der Waals surface area (Å²) in [7, 11) is -2.45. The van der Waals surface area contributed by atoms with E-state index in [0.29, 0.717) is 0 Å². The van der Waals surface area contributed by atoms with Crippen LogP contribution in [0, 0.1) is 17.1 Å². The SMILES string of the molecule is Cn1nccc1S(=O)(=O)Nc1ccc(C#N)cc1F. The average Bonchev–Trinajstić information content (AvgIpc) is 2.79. The minimum atomic E-state index is -3.92. The molecule has 1 aromatic heterocycles. The summed E-state index contributed by atoms with van der Waals surface area (Å²) in [6, 6.07) is 6.54. The van der Waals surface area contributed by atoms with Crippen molar-refractivity contribution < 1.29 is 12.8 Å². The van der Waals surface area contributed by atoms with Crippen molar-refractivity contribution in [2.24, 2.45) is 7.05 Å². The molecule has 2 aromatic rings. The number of aryl methyl sites for hydroxylation is 1. The number of nitrogens with zero attached hydrogens (tertiary/aromatic N) is 3. The zero-order valence-electron chi connectivity index (χ0n) is 9.83. The van der Waals surface area contributed by atoms with E-state index < -0.39 is 15.8 Å². The summed E-state index contributed by atoms with van der Waals surface area (Å²) in [5.74, 6) is -0.815. The zero-order valence-corrected chi connectivity index (χ0v) is 10.6. The van der Waals surface area contributed by atoms with Gasteiger partial charge in [0.2, 0.25) is 0 Å². The first-order valence-corrected chi connectivity index (χ1v) is 6.63. The lowest BCUT2D eigenvalue weighted by Crippen LogP contribution is -2.17. The van der Waals surface area contributed by atoms with E-state index in [-0.39, 0.29) is 16.3 Å². The molecule has 8 heteroatoms. The third-order valence-corrected chi connectivity index (χ3v) is 3.83. The first kappa shape index (κ1) is 13.0. The van der Waals surface area contributed by atoms with Crippen molar-refractivity contribution in [2.45, 2.75) is 5.03 Å². The van der Waals surface area contributed by atoms with Crippen LogP contribution in [-0.2, 0) is 17.1 Å². The molecule has 0 fully saturated rings. The normalized spacial score (nSPS) is 11.0. The summed E-state index contributed by atoms with van der Waals surface area (Å²) in [5.41, 5.74) is -0.110. The third-order valence-electron chi connectivity index (χ3n) is 2.39. The number of benzene rings is 1. The maximum atomic E-state index is 13.6. The molecule has 1 N–H and O–H groups in total. The summed E-state index contributed by atoms with van der Waals surface area (Å²) >= 11 is 0. The molecule has 0 saturated carbocycles. The van der Waals surface area contributed by atoms with Crippen LogP contribution in [-0.4, -0.2) is 18.2 Å². The zero-order chi connectivity index (χ0) is 14.0. The average molecular weight is 280 g/mol. The Morgan fingerprint density at radius 1 is 1.42 bits per heavy atom. The first-order valence-electron chi connectivity index (χ1n) is 5.14. The fourth-order valence-electron chi connectivity index (χ4n) is 1.49. The fourth-order valence-corrected chi connectivity index (χ4v) is 2.68. The molecule has 0 aliphatic carbocycles. The van der Waals surface area contributed by atoms with E-state index in [4.69, 9.17) is 5.26 Å². The molecule has 0 radical (unpaired) electrons. The molecule has 0 atom stereocenters. The Morgan fingerprint density at radius 3 is 2.68 bits per heavy atom. The van der Waals surface area contributed by atoms with E-state index in [2.05, 4.69) is 9.82 Å². The van der Waals surface area contributed by atoms with Crippen LogP contribution in [0.3, 0.4) is 0 Å². The van der Waals surface area contributed by atoms with Crippen molar-refractivity contribution in [3.8, 4) is 6.07 Å². The minimum Gasteiger partial charge on any atom is -0.275 e. The van der Waals surface area contributed by atoms with Crippen LogP contribution in [0.2, 0.25) is 0 Å². The highest BCUT2D eigenvalue weighted by Crippen LogP contribution is 2.19. The van der Waals surface area contributed by atoms with E-state index in [1.54, 1.807) is 6.07 Å². The highest BCUT2D eigenvalue weighted by atomic mass is 32.2. The maximum absolute atomic E-state index is 13.6. The Morgan fingerprint density at radius 2 is 2.16 bits per heavy atom. The van der Waals surface area contributed by atoms with Gasteiger partial charge in [0.05, 0.1) is 23.5 Å². The summed E-state index contributed by atoms with van der Waals surface area (Å²) in [6.45, 7) is 0. The third kappa shape index (κ3) is 2.56. The van der Waals surface area contributed by atoms with E-state index in [9.17, 15) is 12.8 Å². The maximum Gasteiger partial charge on any atom is 0.279 e. The van der Waals surface area contributed by atoms with E-state index in [1.165, 1.54) is 31.4 Å². The van der Waals surface area contributed by atoms with Crippen molar-refractivity contribution >= 4 is 15.7 Å². The van der Waals surface area contributed by atoms with E-state index in [0.717, 1.165) is 10.7 Å². The number of nitrogens with one attached hydrogen (secondary N) is 1. The Bertz CT molecular complexity index is 761. The second-order valence-electron chi connectivity index (χ2n) is 3.70. The van der Waals surface area contributed by atoms with Gasteiger partial charge in [-0.1, -0.05) is 0 Å². The molecule has 2 rings (SSSR count). The molecule has 0 spiro atoms. The molecule has 98 valence electrons. The highest BCUT2D eigenvalue weighted by molar-refractivity contribution is 7.92.